The summed E-state index contributed by atoms with van der Waals surface area (Å²) in [5.41, 5.74) is 2.93. The Kier molecular flexibility index (Phi) is 7.57. The van der Waals surface area contributed by atoms with Crippen molar-refractivity contribution in [1.29, 1.82) is 5.26 Å². The molecule has 0 saturated heterocycles. The number of hydrogen-bond acceptors (Lipinski definition) is 3. The number of nitrogens with zero attached hydrogens (tertiary/aromatic N) is 1. The zero-order chi connectivity index (χ0) is 25.4. The molecule has 4 aromatic rings. The van der Waals surface area contributed by atoms with Crippen molar-refractivity contribution in [3.05, 3.63) is 143 Å². The number of amides is 1. The fourth-order valence-electron chi connectivity index (χ4n) is 4.69. The van der Waals surface area contributed by atoms with Gasteiger partial charge in [-0.3, -0.25) is 4.79 Å². The SMILES string of the molecule is N#Cc1ccccc1C[C@@H](NC(=O)CC(c1ccccc1)(c1ccccc1)c1ccccc1)C(=O)O. The summed E-state index contributed by atoms with van der Waals surface area (Å²) < 4.78 is 0. The fraction of sp³-hybridized carbons (Fsp3) is 0.129. The largest absolute Gasteiger partial charge is 0.480 e. The Morgan fingerprint density at radius 2 is 1.19 bits per heavy atom. The Morgan fingerprint density at radius 1 is 0.750 bits per heavy atom. The molecule has 0 aliphatic carbocycles. The summed E-state index contributed by atoms with van der Waals surface area (Å²) in [5.74, 6) is -1.55. The summed E-state index contributed by atoms with van der Waals surface area (Å²) >= 11 is 0. The van der Waals surface area contributed by atoms with Gasteiger partial charge in [0.15, 0.2) is 0 Å². The third-order valence-electron chi connectivity index (χ3n) is 6.42. The molecular formula is C31H26N2O3. The number of carboxylic acid groups (broad SMARTS) is 1. The lowest BCUT2D eigenvalue weighted by Gasteiger charge is -2.36. The van der Waals surface area contributed by atoms with Crippen molar-refractivity contribution >= 4 is 11.9 Å². The molecule has 2 N–H and O–H groups in total. The molecule has 0 heterocycles. The number of nitrogens with one attached hydrogen (secondary N) is 1. The van der Waals surface area contributed by atoms with Crippen molar-refractivity contribution in [1.82, 2.24) is 5.32 Å². The number of benzene rings is 4. The van der Waals surface area contributed by atoms with Crippen molar-refractivity contribution in [2.45, 2.75) is 24.3 Å². The Morgan fingerprint density at radius 3 is 1.64 bits per heavy atom. The van der Waals surface area contributed by atoms with Gasteiger partial charge in [-0.05, 0) is 28.3 Å². The monoisotopic (exact) mass is 474 g/mol. The van der Waals surface area contributed by atoms with Crippen LogP contribution in [0.2, 0.25) is 0 Å². The van der Waals surface area contributed by atoms with Gasteiger partial charge in [0.2, 0.25) is 5.91 Å². The fourth-order valence-corrected chi connectivity index (χ4v) is 4.69. The van der Waals surface area contributed by atoms with E-state index in [2.05, 4.69) is 11.4 Å². The molecule has 0 radical (unpaired) electrons. The zero-order valence-corrected chi connectivity index (χ0v) is 19.7. The molecule has 0 aliphatic rings. The quantitative estimate of drug-likeness (QED) is 0.331. The van der Waals surface area contributed by atoms with Crippen molar-refractivity contribution < 1.29 is 14.7 Å². The van der Waals surface area contributed by atoms with Gasteiger partial charge in [-0.25, -0.2) is 4.79 Å². The molecular weight excluding hydrogens is 448 g/mol. The second-order valence-corrected chi connectivity index (χ2v) is 8.61. The lowest BCUT2D eigenvalue weighted by molar-refractivity contribution is -0.141. The molecule has 0 bridgehead atoms. The Balaban J connectivity index is 1.74. The van der Waals surface area contributed by atoms with Crippen LogP contribution in [0.5, 0.6) is 0 Å². The first-order valence-electron chi connectivity index (χ1n) is 11.7. The minimum Gasteiger partial charge on any atom is -0.480 e. The molecule has 5 heteroatoms. The van der Waals surface area contributed by atoms with E-state index in [4.69, 9.17) is 0 Å². The van der Waals surface area contributed by atoms with Gasteiger partial charge < -0.3 is 10.4 Å². The van der Waals surface area contributed by atoms with Crippen LogP contribution in [-0.4, -0.2) is 23.0 Å². The summed E-state index contributed by atoms with van der Waals surface area (Å²) in [5, 5.41) is 22.0. The molecule has 0 fully saturated rings. The summed E-state index contributed by atoms with van der Waals surface area (Å²) in [6.45, 7) is 0. The van der Waals surface area contributed by atoms with E-state index in [0.717, 1.165) is 16.7 Å². The third-order valence-corrected chi connectivity index (χ3v) is 6.42. The van der Waals surface area contributed by atoms with E-state index in [9.17, 15) is 20.0 Å². The molecule has 36 heavy (non-hydrogen) atoms. The highest BCUT2D eigenvalue weighted by Gasteiger charge is 2.39. The lowest BCUT2D eigenvalue weighted by atomic mass is 9.67. The molecule has 1 amide bonds. The van der Waals surface area contributed by atoms with Crippen molar-refractivity contribution in [2.75, 3.05) is 0 Å². The van der Waals surface area contributed by atoms with Crippen LogP contribution >= 0.6 is 0 Å². The first kappa shape index (κ1) is 24.4. The second-order valence-electron chi connectivity index (χ2n) is 8.61. The van der Waals surface area contributed by atoms with Gasteiger partial charge in [-0.2, -0.15) is 5.26 Å². The molecule has 0 aromatic heterocycles. The summed E-state index contributed by atoms with van der Waals surface area (Å²) in [6, 6.07) is 37.1. The van der Waals surface area contributed by atoms with E-state index >= 15 is 0 Å². The van der Waals surface area contributed by atoms with E-state index < -0.39 is 23.3 Å². The highest BCUT2D eigenvalue weighted by atomic mass is 16.4. The van der Waals surface area contributed by atoms with Crippen LogP contribution in [-0.2, 0) is 21.4 Å². The average molecular weight is 475 g/mol. The van der Waals surface area contributed by atoms with E-state index in [1.807, 2.05) is 91.0 Å². The molecule has 4 rings (SSSR count). The number of hydrogen-bond donors (Lipinski definition) is 2. The van der Waals surface area contributed by atoms with Crippen LogP contribution in [0.15, 0.2) is 115 Å². The van der Waals surface area contributed by atoms with Crippen molar-refractivity contribution in [3.63, 3.8) is 0 Å². The van der Waals surface area contributed by atoms with E-state index in [1.165, 1.54) is 0 Å². The summed E-state index contributed by atoms with van der Waals surface area (Å²) in [4.78, 5) is 25.7. The molecule has 0 aliphatic heterocycles. The predicted molar refractivity (Wildman–Crippen MR) is 138 cm³/mol. The minimum absolute atomic E-state index is 0.00865. The number of nitriles is 1. The van der Waals surface area contributed by atoms with E-state index in [0.29, 0.717) is 11.1 Å². The standard InChI is InChI=1S/C31H26N2O3/c32-22-24-13-11-10-12-23(24)20-28(30(35)36)33-29(34)21-31(25-14-4-1-5-15-25,26-16-6-2-7-17-26)27-18-8-3-9-19-27/h1-19,28H,20-21H2,(H,33,34)(H,35,36)/t28-/m1/s1. The topological polar surface area (TPSA) is 90.2 Å². The summed E-state index contributed by atoms with van der Waals surface area (Å²) in [6.07, 6.45) is 0.0224. The van der Waals surface area contributed by atoms with Gasteiger partial charge in [0, 0.05) is 12.8 Å². The second kappa shape index (κ2) is 11.2. The van der Waals surface area contributed by atoms with Gasteiger partial charge in [0.25, 0.3) is 0 Å². The summed E-state index contributed by atoms with van der Waals surface area (Å²) in [7, 11) is 0. The highest BCUT2D eigenvalue weighted by Crippen LogP contribution is 2.42. The van der Waals surface area contributed by atoms with Crippen LogP contribution < -0.4 is 5.32 Å². The van der Waals surface area contributed by atoms with Crippen molar-refractivity contribution in [3.8, 4) is 6.07 Å². The maximum Gasteiger partial charge on any atom is 0.326 e. The average Bonchev–Trinajstić information content (AvgIpc) is 2.93. The first-order valence-corrected chi connectivity index (χ1v) is 11.7. The van der Waals surface area contributed by atoms with Crippen LogP contribution in [0.3, 0.4) is 0 Å². The maximum absolute atomic E-state index is 13.6. The van der Waals surface area contributed by atoms with Crippen LogP contribution in [0.4, 0.5) is 0 Å². The highest BCUT2D eigenvalue weighted by molar-refractivity contribution is 5.85. The van der Waals surface area contributed by atoms with E-state index in [1.54, 1.807) is 24.3 Å². The van der Waals surface area contributed by atoms with Crippen molar-refractivity contribution in [2.24, 2.45) is 0 Å². The number of rotatable bonds is 9. The zero-order valence-electron chi connectivity index (χ0n) is 19.7. The van der Waals surface area contributed by atoms with Gasteiger partial charge in [-0.15, -0.1) is 0 Å². The Bertz CT molecular complexity index is 1270. The first-order chi connectivity index (χ1) is 17.5. The smallest absolute Gasteiger partial charge is 0.326 e. The predicted octanol–water partition coefficient (Wildman–Crippen LogP) is 5.09. The molecule has 178 valence electrons. The molecule has 1 atom stereocenters. The maximum atomic E-state index is 13.6. The Hall–Kier alpha value is -4.69. The number of aliphatic carboxylic acids is 1. The van der Waals surface area contributed by atoms with Gasteiger partial charge in [-0.1, -0.05) is 109 Å². The van der Waals surface area contributed by atoms with Crippen LogP contribution in [0.1, 0.15) is 34.2 Å². The molecule has 0 saturated carbocycles. The number of carbonyl (C=O) groups excluding carboxylic acids is 1. The molecule has 4 aromatic carbocycles. The minimum atomic E-state index is -1.17. The van der Waals surface area contributed by atoms with Gasteiger partial charge in [0.1, 0.15) is 6.04 Å². The van der Waals surface area contributed by atoms with Crippen LogP contribution in [0, 0.1) is 11.3 Å². The molecule has 5 nitrogen and oxygen atoms in total. The van der Waals surface area contributed by atoms with E-state index in [-0.39, 0.29) is 12.8 Å². The normalized spacial score (nSPS) is 11.8. The van der Waals surface area contributed by atoms with Gasteiger partial charge >= 0.3 is 5.97 Å². The number of carboxylic acids is 1. The molecule has 0 unspecified atom stereocenters. The van der Waals surface area contributed by atoms with Gasteiger partial charge in [0.05, 0.1) is 17.0 Å². The Labute approximate surface area is 210 Å². The number of carbonyl (C=O) groups is 2. The molecule has 0 spiro atoms. The van der Waals surface area contributed by atoms with Crippen LogP contribution in [0.25, 0.3) is 0 Å². The third kappa shape index (κ3) is 5.18. The lowest BCUT2D eigenvalue weighted by Crippen LogP contribution is -2.45.